The van der Waals surface area contributed by atoms with E-state index < -0.39 is 0 Å². The van der Waals surface area contributed by atoms with Crippen LogP contribution in [-0.4, -0.2) is 7.05 Å². The molecule has 0 atom stereocenters. The molecule has 0 radical (unpaired) electrons. The summed E-state index contributed by atoms with van der Waals surface area (Å²) in [6.45, 7) is 0. The Morgan fingerprint density at radius 1 is 1.00 bits per heavy atom. The van der Waals surface area contributed by atoms with E-state index in [4.69, 9.17) is 5.73 Å². The minimum Gasteiger partial charge on any atom is -0.399 e. The van der Waals surface area contributed by atoms with Crippen molar-refractivity contribution < 1.29 is 0 Å². The van der Waals surface area contributed by atoms with Crippen molar-refractivity contribution in [3.8, 4) is 11.1 Å². The number of benzene rings is 2. The second-order valence-electron chi connectivity index (χ2n) is 3.42. The summed E-state index contributed by atoms with van der Waals surface area (Å²) in [5.41, 5.74) is 9.98. The average molecular weight is 198 g/mol. The minimum absolute atomic E-state index is 0.790. The van der Waals surface area contributed by atoms with Gasteiger partial charge < -0.3 is 11.1 Å². The molecule has 0 aliphatic rings. The van der Waals surface area contributed by atoms with E-state index in [1.54, 1.807) is 0 Å². The zero-order valence-corrected chi connectivity index (χ0v) is 8.70. The molecule has 15 heavy (non-hydrogen) atoms. The molecule has 2 aromatic rings. The number of rotatable bonds is 2. The lowest BCUT2D eigenvalue weighted by Crippen LogP contribution is -1.92. The first-order valence-electron chi connectivity index (χ1n) is 4.94. The summed E-state index contributed by atoms with van der Waals surface area (Å²) in [7, 11) is 1.92. The van der Waals surface area contributed by atoms with Gasteiger partial charge in [0.1, 0.15) is 0 Å². The van der Waals surface area contributed by atoms with Crippen LogP contribution in [0.15, 0.2) is 48.5 Å². The van der Waals surface area contributed by atoms with E-state index in [-0.39, 0.29) is 0 Å². The lowest BCUT2D eigenvalue weighted by atomic mass is 10.0. The van der Waals surface area contributed by atoms with E-state index in [0.717, 1.165) is 16.9 Å². The molecule has 76 valence electrons. The van der Waals surface area contributed by atoms with Crippen molar-refractivity contribution in [2.75, 3.05) is 18.1 Å². The Morgan fingerprint density at radius 2 is 1.80 bits per heavy atom. The van der Waals surface area contributed by atoms with Crippen molar-refractivity contribution in [1.29, 1.82) is 0 Å². The summed E-state index contributed by atoms with van der Waals surface area (Å²) in [5, 5.41) is 3.17. The first-order valence-corrected chi connectivity index (χ1v) is 4.94. The van der Waals surface area contributed by atoms with E-state index in [1.807, 2.05) is 37.4 Å². The largest absolute Gasteiger partial charge is 0.399 e. The molecule has 0 aliphatic carbocycles. The van der Waals surface area contributed by atoms with Gasteiger partial charge in [0, 0.05) is 24.0 Å². The normalized spacial score (nSPS) is 9.93. The first kappa shape index (κ1) is 9.59. The van der Waals surface area contributed by atoms with E-state index in [9.17, 15) is 0 Å². The van der Waals surface area contributed by atoms with Crippen LogP contribution >= 0.6 is 0 Å². The second kappa shape index (κ2) is 4.05. The predicted octanol–water partition coefficient (Wildman–Crippen LogP) is 2.98. The summed E-state index contributed by atoms with van der Waals surface area (Å²) in [5.74, 6) is 0. The quantitative estimate of drug-likeness (QED) is 0.728. The fraction of sp³-hybridized carbons (Fsp3) is 0.0769. The van der Waals surface area contributed by atoms with Gasteiger partial charge in [-0.2, -0.15) is 0 Å². The number of nitrogen functional groups attached to an aromatic ring is 1. The Labute approximate surface area is 89.7 Å². The lowest BCUT2D eigenvalue weighted by molar-refractivity contribution is 1.50. The van der Waals surface area contributed by atoms with Gasteiger partial charge in [0.2, 0.25) is 0 Å². The fourth-order valence-corrected chi connectivity index (χ4v) is 1.66. The minimum atomic E-state index is 0.790. The average Bonchev–Trinajstić information content (AvgIpc) is 2.29. The second-order valence-corrected chi connectivity index (χ2v) is 3.42. The van der Waals surface area contributed by atoms with Gasteiger partial charge in [0.25, 0.3) is 0 Å². The highest BCUT2D eigenvalue weighted by molar-refractivity contribution is 5.79. The van der Waals surface area contributed by atoms with Gasteiger partial charge in [-0.3, -0.25) is 0 Å². The van der Waals surface area contributed by atoms with Crippen LogP contribution in [-0.2, 0) is 0 Å². The van der Waals surface area contributed by atoms with Crippen molar-refractivity contribution in [3.63, 3.8) is 0 Å². The van der Waals surface area contributed by atoms with E-state index in [0.29, 0.717) is 0 Å². The zero-order valence-electron chi connectivity index (χ0n) is 8.70. The van der Waals surface area contributed by atoms with Crippen LogP contribution in [0.1, 0.15) is 0 Å². The molecule has 2 heteroatoms. The molecule has 0 saturated heterocycles. The molecule has 0 heterocycles. The summed E-state index contributed by atoms with van der Waals surface area (Å²) < 4.78 is 0. The third kappa shape index (κ3) is 1.94. The maximum absolute atomic E-state index is 5.77. The molecule has 0 bridgehead atoms. The van der Waals surface area contributed by atoms with Gasteiger partial charge in [-0.15, -0.1) is 0 Å². The Kier molecular flexibility index (Phi) is 2.59. The monoisotopic (exact) mass is 198 g/mol. The highest BCUT2D eigenvalue weighted by Crippen LogP contribution is 2.28. The van der Waals surface area contributed by atoms with Crippen molar-refractivity contribution in [2.45, 2.75) is 0 Å². The van der Waals surface area contributed by atoms with Crippen LogP contribution in [0, 0.1) is 0 Å². The van der Waals surface area contributed by atoms with Crippen molar-refractivity contribution in [1.82, 2.24) is 0 Å². The Morgan fingerprint density at radius 3 is 2.53 bits per heavy atom. The molecule has 2 nitrogen and oxygen atoms in total. The summed E-state index contributed by atoms with van der Waals surface area (Å²) in [6.07, 6.45) is 0. The molecule has 0 amide bonds. The van der Waals surface area contributed by atoms with Gasteiger partial charge in [0.15, 0.2) is 0 Å². The lowest BCUT2D eigenvalue weighted by Gasteiger charge is -2.09. The van der Waals surface area contributed by atoms with Crippen molar-refractivity contribution in [2.24, 2.45) is 0 Å². The van der Waals surface area contributed by atoms with Gasteiger partial charge in [-0.25, -0.2) is 0 Å². The maximum Gasteiger partial charge on any atom is 0.0417 e. The SMILES string of the molecule is CNc1ccccc1-c1cccc(N)c1. The molecule has 0 saturated carbocycles. The molecule has 0 spiro atoms. The Hall–Kier alpha value is -1.96. The highest BCUT2D eigenvalue weighted by Gasteiger charge is 2.02. The predicted molar refractivity (Wildman–Crippen MR) is 65.8 cm³/mol. The molecule has 0 aliphatic heterocycles. The van der Waals surface area contributed by atoms with E-state index in [2.05, 4.69) is 23.5 Å². The van der Waals surface area contributed by atoms with Gasteiger partial charge >= 0.3 is 0 Å². The van der Waals surface area contributed by atoms with E-state index >= 15 is 0 Å². The van der Waals surface area contributed by atoms with Crippen LogP contribution in [0.25, 0.3) is 11.1 Å². The summed E-state index contributed by atoms with van der Waals surface area (Å²) in [6, 6.07) is 16.1. The maximum atomic E-state index is 5.77. The Bertz CT molecular complexity index is 464. The van der Waals surface area contributed by atoms with Crippen LogP contribution in [0.5, 0.6) is 0 Å². The number of para-hydroxylation sites is 1. The molecule has 2 aromatic carbocycles. The van der Waals surface area contributed by atoms with Gasteiger partial charge in [-0.05, 0) is 23.8 Å². The topological polar surface area (TPSA) is 38.0 Å². The van der Waals surface area contributed by atoms with Crippen LogP contribution in [0.2, 0.25) is 0 Å². The molecule has 2 rings (SSSR count). The molecular formula is C13H14N2. The highest BCUT2D eigenvalue weighted by atomic mass is 14.8. The third-order valence-electron chi connectivity index (χ3n) is 2.39. The standard InChI is InChI=1S/C13H14N2/c1-15-13-8-3-2-7-12(13)10-5-4-6-11(14)9-10/h2-9,15H,14H2,1H3. The molecule has 0 unspecified atom stereocenters. The number of nitrogens with two attached hydrogens (primary N) is 1. The number of hydrogen-bond donors (Lipinski definition) is 2. The van der Waals surface area contributed by atoms with E-state index in [1.165, 1.54) is 5.56 Å². The van der Waals surface area contributed by atoms with Gasteiger partial charge in [0.05, 0.1) is 0 Å². The first-order chi connectivity index (χ1) is 7.31. The van der Waals surface area contributed by atoms with Crippen molar-refractivity contribution in [3.05, 3.63) is 48.5 Å². The summed E-state index contributed by atoms with van der Waals surface area (Å²) in [4.78, 5) is 0. The van der Waals surface area contributed by atoms with Crippen molar-refractivity contribution >= 4 is 11.4 Å². The molecule has 3 N–H and O–H groups in total. The molecule has 0 fully saturated rings. The summed E-state index contributed by atoms with van der Waals surface area (Å²) >= 11 is 0. The fourth-order valence-electron chi connectivity index (χ4n) is 1.66. The molecule has 0 aromatic heterocycles. The number of hydrogen-bond acceptors (Lipinski definition) is 2. The van der Waals surface area contributed by atoms with Crippen LogP contribution in [0.4, 0.5) is 11.4 Å². The third-order valence-corrected chi connectivity index (χ3v) is 2.39. The van der Waals surface area contributed by atoms with Crippen LogP contribution in [0.3, 0.4) is 0 Å². The number of nitrogens with one attached hydrogen (secondary N) is 1. The van der Waals surface area contributed by atoms with Gasteiger partial charge in [-0.1, -0.05) is 30.3 Å². The Balaban J connectivity index is 2.53. The van der Waals surface area contributed by atoms with Crippen LogP contribution < -0.4 is 11.1 Å². The number of anilines is 2. The smallest absolute Gasteiger partial charge is 0.0417 e. The molecular weight excluding hydrogens is 184 g/mol. The zero-order chi connectivity index (χ0) is 10.7.